The summed E-state index contributed by atoms with van der Waals surface area (Å²) in [6.45, 7) is 4.57. The highest BCUT2D eigenvalue weighted by atomic mass is 35.5. The number of hydrogen-bond donors (Lipinski definition) is 1. The molecule has 0 saturated carbocycles. The molecule has 0 unspecified atom stereocenters. The smallest absolute Gasteiger partial charge is 0.333 e. The van der Waals surface area contributed by atoms with E-state index < -0.39 is 5.97 Å². The number of carbonyl (C=O) groups is 2. The molecule has 0 aromatic rings. The van der Waals surface area contributed by atoms with Crippen LogP contribution in [0.1, 0.15) is 97.3 Å². The second-order valence-electron chi connectivity index (χ2n) is 7.66. The molecule has 1 N–H and O–H groups in total. The van der Waals surface area contributed by atoms with Gasteiger partial charge in [0, 0.05) is 12.6 Å². The van der Waals surface area contributed by atoms with Gasteiger partial charge in [0.15, 0.2) is 6.73 Å². The lowest BCUT2D eigenvalue weighted by molar-refractivity contribution is -0.147. The summed E-state index contributed by atoms with van der Waals surface area (Å²) in [6.07, 6.45) is 18.5. The third kappa shape index (κ3) is 12.6. The molecule has 0 amide bonds. The quantitative estimate of drug-likeness (QED) is 0.232. The van der Waals surface area contributed by atoms with Crippen LogP contribution in [0, 0.1) is 0 Å². The molecule has 0 spiro atoms. The number of rotatable bonds is 16. The summed E-state index contributed by atoms with van der Waals surface area (Å²) in [7, 11) is 0. The van der Waals surface area contributed by atoms with Crippen molar-refractivity contribution in [3.05, 3.63) is 23.4 Å². The molecule has 1 heterocycles. The zero-order chi connectivity index (χ0) is 20.6. The van der Waals surface area contributed by atoms with Crippen LogP contribution >= 0.6 is 12.4 Å². The number of nitrogens with zero attached hydrogens (tertiary/aromatic N) is 1. The van der Waals surface area contributed by atoms with E-state index in [2.05, 4.69) is 6.92 Å². The van der Waals surface area contributed by atoms with E-state index in [9.17, 15) is 14.7 Å². The van der Waals surface area contributed by atoms with Crippen molar-refractivity contribution in [2.75, 3.05) is 13.3 Å². The number of allylic oxidation sites excluding steroid dienone is 2. The van der Waals surface area contributed by atoms with Crippen LogP contribution in [0.5, 0.6) is 0 Å². The van der Waals surface area contributed by atoms with Gasteiger partial charge >= 0.3 is 11.9 Å². The highest BCUT2D eigenvalue weighted by Crippen LogP contribution is 2.18. The Balaban J connectivity index is 0.00000784. The van der Waals surface area contributed by atoms with Gasteiger partial charge < -0.3 is 14.7 Å². The Morgan fingerprint density at radius 1 is 0.966 bits per heavy atom. The van der Waals surface area contributed by atoms with Gasteiger partial charge in [0.05, 0.1) is 12.1 Å². The van der Waals surface area contributed by atoms with Gasteiger partial charge in [0.2, 0.25) is 0 Å². The van der Waals surface area contributed by atoms with Crippen molar-refractivity contribution in [2.24, 2.45) is 0 Å². The van der Waals surface area contributed by atoms with Gasteiger partial charge in [0.1, 0.15) is 0 Å². The topological polar surface area (TPSA) is 66.8 Å². The molecule has 1 aliphatic rings. The second-order valence-corrected chi connectivity index (χ2v) is 7.66. The summed E-state index contributed by atoms with van der Waals surface area (Å²) in [5.41, 5.74) is 1.21. The van der Waals surface area contributed by atoms with E-state index in [0.29, 0.717) is 18.4 Å². The summed E-state index contributed by atoms with van der Waals surface area (Å²) in [5, 5.41) is 9.28. The number of halogens is 1. The molecule has 5 nitrogen and oxygen atoms in total. The lowest BCUT2D eigenvalue weighted by Crippen LogP contribution is -2.30. The predicted octanol–water partition coefficient (Wildman–Crippen LogP) is 6.23. The average molecular weight is 430 g/mol. The Kier molecular flexibility index (Phi) is 16.5. The van der Waals surface area contributed by atoms with Crippen molar-refractivity contribution in [1.29, 1.82) is 0 Å². The zero-order valence-electron chi connectivity index (χ0n) is 18.3. The number of carboxylic acid groups (broad SMARTS) is 1. The van der Waals surface area contributed by atoms with Crippen LogP contribution in [0.2, 0.25) is 0 Å². The average Bonchev–Trinajstić information content (AvgIpc) is 2.70. The second kappa shape index (κ2) is 17.4. The molecule has 6 heteroatoms. The summed E-state index contributed by atoms with van der Waals surface area (Å²) in [5.74, 6) is -1.11. The lowest BCUT2D eigenvalue weighted by Gasteiger charge is -2.25. The fraction of sp³-hybridized carbons (Fsp3) is 0.739. The van der Waals surface area contributed by atoms with Crippen molar-refractivity contribution in [1.82, 2.24) is 4.90 Å². The van der Waals surface area contributed by atoms with Crippen molar-refractivity contribution in [3.8, 4) is 0 Å². The van der Waals surface area contributed by atoms with Crippen LogP contribution < -0.4 is 0 Å². The Hall–Kier alpha value is -1.49. The molecular formula is C23H40ClNO4. The Bertz CT molecular complexity index is 531. The van der Waals surface area contributed by atoms with Gasteiger partial charge in [-0.25, -0.2) is 4.79 Å². The first-order valence-corrected chi connectivity index (χ1v) is 11.1. The summed E-state index contributed by atoms with van der Waals surface area (Å²) in [6, 6.07) is 0. The minimum atomic E-state index is -0.904. The summed E-state index contributed by atoms with van der Waals surface area (Å²) < 4.78 is 5.29. The predicted molar refractivity (Wildman–Crippen MR) is 120 cm³/mol. The molecule has 0 saturated heterocycles. The van der Waals surface area contributed by atoms with Crippen LogP contribution in [0.3, 0.4) is 0 Å². The molecule has 0 fully saturated rings. The normalized spacial score (nSPS) is 13.4. The highest BCUT2D eigenvalue weighted by molar-refractivity contribution is 5.89. The van der Waals surface area contributed by atoms with Gasteiger partial charge in [-0.2, -0.15) is 0 Å². The number of unbranched alkanes of at least 4 members (excludes halogenated alkanes) is 10. The molecule has 168 valence electrons. The number of ether oxygens (including phenoxy) is 1. The van der Waals surface area contributed by atoms with Gasteiger partial charge in [-0.3, -0.25) is 4.79 Å². The van der Waals surface area contributed by atoms with E-state index in [-0.39, 0.29) is 31.7 Å². The highest BCUT2D eigenvalue weighted by Gasteiger charge is 2.19. The van der Waals surface area contributed by atoms with E-state index in [1.54, 1.807) is 17.2 Å². The van der Waals surface area contributed by atoms with E-state index in [0.717, 1.165) is 18.4 Å². The third-order valence-corrected chi connectivity index (χ3v) is 5.25. The van der Waals surface area contributed by atoms with Gasteiger partial charge in [-0.15, -0.1) is 12.4 Å². The van der Waals surface area contributed by atoms with E-state index in [1.165, 1.54) is 57.8 Å². The Morgan fingerprint density at radius 2 is 1.52 bits per heavy atom. The number of carboxylic acids is 1. The van der Waals surface area contributed by atoms with Crippen LogP contribution in [-0.2, 0) is 14.3 Å². The van der Waals surface area contributed by atoms with Crippen molar-refractivity contribution in [2.45, 2.75) is 97.3 Å². The van der Waals surface area contributed by atoms with Crippen LogP contribution in [0.4, 0.5) is 0 Å². The Labute approximate surface area is 183 Å². The van der Waals surface area contributed by atoms with Crippen molar-refractivity contribution in [3.63, 3.8) is 0 Å². The van der Waals surface area contributed by atoms with Crippen molar-refractivity contribution < 1.29 is 19.4 Å². The number of carbonyl (C=O) groups excluding carboxylic acids is 1. The van der Waals surface area contributed by atoms with Gasteiger partial charge in [-0.05, 0) is 24.5 Å². The minimum Gasteiger partial charge on any atom is -0.478 e. The Morgan fingerprint density at radius 3 is 2.03 bits per heavy atom. The molecule has 1 aliphatic heterocycles. The maximum atomic E-state index is 11.9. The molecular weight excluding hydrogens is 390 g/mol. The van der Waals surface area contributed by atoms with E-state index >= 15 is 0 Å². The maximum Gasteiger partial charge on any atom is 0.333 e. The first kappa shape index (κ1) is 27.5. The number of esters is 1. The number of aliphatic carboxylic acids is 1. The SMILES string of the molecule is CCCCCCCCCCCCCC(=O)OCN1C=CC(CC)=C(C(=O)O)C1.Cl. The molecule has 0 aromatic heterocycles. The fourth-order valence-corrected chi connectivity index (χ4v) is 3.44. The summed E-state index contributed by atoms with van der Waals surface area (Å²) in [4.78, 5) is 24.9. The molecule has 0 bridgehead atoms. The molecule has 0 aliphatic carbocycles. The van der Waals surface area contributed by atoms with E-state index in [4.69, 9.17) is 4.74 Å². The molecule has 29 heavy (non-hydrogen) atoms. The third-order valence-electron chi connectivity index (χ3n) is 5.25. The molecule has 0 aromatic carbocycles. The first-order chi connectivity index (χ1) is 13.6. The maximum absolute atomic E-state index is 11.9. The largest absolute Gasteiger partial charge is 0.478 e. The molecule has 1 rings (SSSR count). The fourth-order valence-electron chi connectivity index (χ4n) is 3.44. The monoisotopic (exact) mass is 429 g/mol. The number of hydrogen-bond acceptors (Lipinski definition) is 4. The molecule has 0 radical (unpaired) electrons. The first-order valence-electron chi connectivity index (χ1n) is 11.1. The van der Waals surface area contributed by atoms with Crippen LogP contribution in [0.25, 0.3) is 0 Å². The van der Waals surface area contributed by atoms with E-state index in [1.807, 2.05) is 6.92 Å². The zero-order valence-corrected chi connectivity index (χ0v) is 19.1. The van der Waals surface area contributed by atoms with Gasteiger partial charge in [0.25, 0.3) is 0 Å². The standard InChI is InChI=1S/C23H39NO4.ClH/c1-3-5-6-7-8-9-10-11-12-13-14-15-22(25)28-19-24-17-16-20(4-2)21(18-24)23(26)27;/h16-17H,3-15,18-19H2,1-2H3,(H,26,27);1H. The lowest BCUT2D eigenvalue weighted by atomic mass is 10.0. The van der Waals surface area contributed by atoms with Gasteiger partial charge in [-0.1, -0.05) is 78.1 Å². The van der Waals surface area contributed by atoms with Crippen LogP contribution in [0.15, 0.2) is 23.4 Å². The summed E-state index contributed by atoms with van der Waals surface area (Å²) >= 11 is 0. The van der Waals surface area contributed by atoms with Crippen LogP contribution in [-0.4, -0.2) is 35.2 Å². The molecule has 0 atom stereocenters. The van der Waals surface area contributed by atoms with Crippen molar-refractivity contribution >= 4 is 24.3 Å². The minimum absolute atomic E-state index is 0.